The normalized spacial score (nSPS) is 12.1. The van der Waals surface area contributed by atoms with Gasteiger partial charge in [-0.05, 0) is 25.1 Å². The number of likely N-dealkylation sites (N-methyl/N-ethyl adjacent to an activating group) is 1. The van der Waals surface area contributed by atoms with Crippen LogP contribution in [0.4, 0.5) is 11.4 Å². The zero-order valence-electron chi connectivity index (χ0n) is 18.6. The number of nitrogens with two attached hydrogens (primary N) is 1. The minimum absolute atomic E-state index is 0.0969. The third kappa shape index (κ3) is 4.27. The molecule has 0 atom stereocenters. The highest BCUT2D eigenvalue weighted by Crippen LogP contribution is 2.36. The molecule has 0 saturated carbocycles. The molecule has 33 heavy (non-hydrogen) atoms. The summed E-state index contributed by atoms with van der Waals surface area (Å²) in [5.41, 5.74) is 9.12. The molecule has 0 radical (unpaired) electrons. The number of ether oxygens (including phenoxy) is 1. The number of aromatic nitrogens is 2. The van der Waals surface area contributed by atoms with Crippen LogP contribution in [0.15, 0.2) is 30.5 Å². The fourth-order valence-electron chi connectivity index (χ4n) is 3.67. The third-order valence-corrected chi connectivity index (χ3v) is 5.43. The van der Waals surface area contributed by atoms with Gasteiger partial charge in [0.1, 0.15) is 11.4 Å². The Morgan fingerprint density at radius 1 is 1.24 bits per heavy atom. The van der Waals surface area contributed by atoms with E-state index in [2.05, 4.69) is 20.6 Å². The van der Waals surface area contributed by atoms with Crippen molar-refractivity contribution >= 4 is 40.0 Å². The molecule has 3 amide bonds. The van der Waals surface area contributed by atoms with E-state index in [9.17, 15) is 14.4 Å². The number of nitrogens with one attached hydrogen (secondary N) is 2. The first-order chi connectivity index (χ1) is 15.8. The van der Waals surface area contributed by atoms with Crippen molar-refractivity contribution in [3.8, 4) is 5.75 Å². The lowest BCUT2D eigenvalue weighted by Gasteiger charge is -2.17. The summed E-state index contributed by atoms with van der Waals surface area (Å²) in [6.07, 6.45) is 2.12. The summed E-state index contributed by atoms with van der Waals surface area (Å²) < 4.78 is 5.64. The van der Waals surface area contributed by atoms with Crippen molar-refractivity contribution in [3.05, 3.63) is 53.0 Å². The molecular formula is C23H24N6O4. The van der Waals surface area contributed by atoms with E-state index in [1.165, 1.54) is 11.1 Å². The van der Waals surface area contributed by atoms with E-state index in [-0.39, 0.29) is 23.7 Å². The Bertz CT molecular complexity index is 1290. The summed E-state index contributed by atoms with van der Waals surface area (Å²) in [4.78, 5) is 46.8. The van der Waals surface area contributed by atoms with Crippen LogP contribution in [0.2, 0.25) is 0 Å². The molecule has 3 aromatic rings. The minimum atomic E-state index is -0.659. The monoisotopic (exact) mass is 448 g/mol. The zero-order valence-corrected chi connectivity index (χ0v) is 18.6. The second-order valence-electron chi connectivity index (χ2n) is 7.88. The van der Waals surface area contributed by atoms with Crippen LogP contribution in [0.3, 0.4) is 0 Å². The predicted octanol–water partition coefficient (Wildman–Crippen LogP) is 1.53. The van der Waals surface area contributed by atoms with Crippen LogP contribution in [0.25, 0.3) is 10.9 Å². The van der Waals surface area contributed by atoms with Gasteiger partial charge < -0.3 is 26.0 Å². The van der Waals surface area contributed by atoms with Gasteiger partial charge in [-0.3, -0.25) is 19.4 Å². The summed E-state index contributed by atoms with van der Waals surface area (Å²) >= 11 is 0. The maximum Gasteiger partial charge on any atom is 0.270 e. The Labute approximate surface area is 190 Å². The first kappa shape index (κ1) is 22.0. The average molecular weight is 448 g/mol. The average Bonchev–Trinajstić information content (AvgIpc) is 3.27. The summed E-state index contributed by atoms with van der Waals surface area (Å²) in [5, 5.41) is 6.40. The Hall–Kier alpha value is -4.21. The Kier molecular flexibility index (Phi) is 5.82. The van der Waals surface area contributed by atoms with Crippen LogP contribution >= 0.6 is 0 Å². The molecule has 3 heterocycles. The van der Waals surface area contributed by atoms with Crippen molar-refractivity contribution in [2.24, 2.45) is 5.73 Å². The number of rotatable bonds is 6. The largest absolute Gasteiger partial charge is 0.493 e. The molecule has 4 N–H and O–H groups in total. The predicted molar refractivity (Wildman–Crippen MR) is 123 cm³/mol. The number of carbonyl (C=O) groups excluding carboxylic acids is 3. The molecule has 10 nitrogen and oxygen atoms in total. The smallest absolute Gasteiger partial charge is 0.270 e. The van der Waals surface area contributed by atoms with Gasteiger partial charge in [-0.15, -0.1) is 0 Å². The summed E-state index contributed by atoms with van der Waals surface area (Å²) in [6, 6.07) is 7.17. The van der Waals surface area contributed by atoms with Gasteiger partial charge in [0.05, 0.1) is 35.6 Å². The number of carbonyl (C=O) groups is 3. The van der Waals surface area contributed by atoms with Gasteiger partial charge in [0.25, 0.3) is 11.8 Å². The topological polar surface area (TPSA) is 140 Å². The van der Waals surface area contributed by atoms with Crippen LogP contribution in [-0.2, 0) is 11.2 Å². The number of hydrogen-bond acceptors (Lipinski definition) is 7. The molecule has 2 aromatic heterocycles. The van der Waals surface area contributed by atoms with E-state index in [4.69, 9.17) is 10.5 Å². The van der Waals surface area contributed by atoms with Crippen LogP contribution in [0, 0.1) is 6.92 Å². The molecule has 1 aliphatic rings. The van der Waals surface area contributed by atoms with E-state index >= 15 is 0 Å². The lowest BCUT2D eigenvalue weighted by Crippen LogP contribution is -2.36. The first-order valence-corrected chi connectivity index (χ1v) is 10.4. The van der Waals surface area contributed by atoms with Crippen molar-refractivity contribution in [2.45, 2.75) is 13.3 Å². The van der Waals surface area contributed by atoms with Gasteiger partial charge in [-0.25, -0.2) is 4.98 Å². The Morgan fingerprint density at radius 2 is 2.03 bits per heavy atom. The standard InChI is InChI=1S/C23H24N6O4/c1-12-20-14(9-17(27-12)23(32)26-11-19(30)29(2)3)21(15(10-25-20)22(24)31)28-16-5-4-6-18-13(16)7-8-33-18/h4-6,9-10H,7-8,11H2,1-3H3,(H2,24,31)(H,25,28)(H,26,32). The lowest BCUT2D eigenvalue weighted by atomic mass is 10.1. The number of hydrogen-bond donors (Lipinski definition) is 3. The fourth-order valence-corrected chi connectivity index (χ4v) is 3.67. The third-order valence-electron chi connectivity index (χ3n) is 5.43. The number of fused-ring (bicyclic) bond motifs is 2. The van der Waals surface area contributed by atoms with E-state index in [0.717, 1.165) is 23.4 Å². The number of amides is 3. The zero-order chi connectivity index (χ0) is 23.7. The SMILES string of the molecule is Cc1nc(C(=O)NCC(=O)N(C)C)cc2c(Nc3cccc4c3CCO4)c(C(N)=O)cnc12. The molecule has 4 rings (SSSR count). The second kappa shape index (κ2) is 8.73. The highest BCUT2D eigenvalue weighted by molar-refractivity contribution is 6.09. The van der Waals surface area contributed by atoms with Crippen molar-refractivity contribution in [2.75, 3.05) is 32.6 Å². The number of pyridine rings is 2. The first-order valence-electron chi connectivity index (χ1n) is 10.4. The van der Waals surface area contributed by atoms with Gasteiger partial charge in [-0.2, -0.15) is 0 Å². The van der Waals surface area contributed by atoms with Gasteiger partial charge in [-0.1, -0.05) is 6.07 Å². The molecule has 0 spiro atoms. The van der Waals surface area contributed by atoms with Gasteiger partial charge in [0, 0.05) is 43.4 Å². The van der Waals surface area contributed by atoms with Crippen LogP contribution in [-0.4, -0.2) is 59.8 Å². The summed E-state index contributed by atoms with van der Waals surface area (Å²) in [7, 11) is 3.21. The number of benzene rings is 1. The molecule has 0 fully saturated rings. The van der Waals surface area contributed by atoms with E-state index < -0.39 is 11.8 Å². The molecule has 1 aromatic carbocycles. The molecule has 0 unspecified atom stereocenters. The maximum atomic E-state index is 12.7. The molecule has 1 aliphatic heterocycles. The highest BCUT2D eigenvalue weighted by atomic mass is 16.5. The molecule has 0 saturated heterocycles. The highest BCUT2D eigenvalue weighted by Gasteiger charge is 2.21. The Morgan fingerprint density at radius 3 is 2.76 bits per heavy atom. The quantitative estimate of drug-likeness (QED) is 0.520. The second-order valence-corrected chi connectivity index (χ2v) is 7.88. The van der Waals surface area contributed by atoms with Crippen molar-refractivity contribution in [1.29, 1.82) is 0 Å². The molecule has 10 heteroatoms. The van der Waals surface area contributed by atoms with Crippen molar-refractivity contribution < 1.29 is 19.1 Å². The molecular weight excluding hydrogens is 424 g/mol. The number of aryl methyl sites for hydroxylation is 1. The van der Waals surface area contributed by atoms with Crippen LogP contribution in [0.1, 0.15) is 32.1 Å². The molecule has 0 aliphatic carbocycles. The van der Waals surface area contributed by atoms with Crippen molar-refractivity contribution in [1.82, 2.24) is 20.2 Å². The number of primary amides is 1. The summed E-state index contributed by atoms with van der Waals surface area (Å²) in [6.45, 7) is 2.14. The van der Waals surface area contributed by atoms with Crippen LogP contribution < -0.4 is 21.1 Å². The van der Waals surface area contributed by atoms with Crippen LogP contribution in [0.5, 0.6) is 5.75 Å². The molecule has 0 bridgehead atoms. The fraction of sp³-hybridized carbons (Fsp3) is 0.261. The van der Waals surface area contributed by atoms with E-state index in [0.29, 0.717) is 28.9 Å². The van der Waals surface area contributed by atoms with Gasteiger partial charge in [0.2, 0.25) is 5.91 Å². The minimum Gasteiger partial charge on any atom is -0.493 e. The van der Waals surface area contributed by atoms with E-state index in [1.807, 2.05) is 18.2 Å². The van der Waals surface area contributed by atoms with E-state index in [1.54, 1.807) is 27.1 Å². The number of nitrogens with zero attached hydrogens (tertiary/aromatic N) is 3. The van der Waals surface area contributed by atoms with Crippen molar-refractivity contribution in [3.63, 3.8) is 0 Å². The molecule has 170 valence electrons. The maximum absolute atomic E-state index is 12.7. The van der Waals surface area contributed by atoms with Gasteiger partial charge in [0.15, 0.2) is 0 Å². The Balaban J connectivity index is 1.80. The lowest BCUT2D eigenvalue weighted by molar-refractivity contribution is -0.127. The summed E-state index contributed by atoms with van der Waals surface area (Å²) in [5.74, 6) is -0.643. The number of anilines is 2. The van der Waals surface area contributed by atoms with Gasteiger partial charge >= 0.3 is 0 Å².